The summed E-state index contributed by atoms with van der Waals surface area (Å²) in [7, 11) is 7.11. The Morgan fingerprint density at radius 2 is 1.31 bits per heavy atom. The lowest BCUT2D eigenvalue weighted by atomic mass is 9.70. The van der Waals surface area contributed by atoms with Crippen LogP contribution in [0.25, 0.3) is 21.8 Å². The first kappa shape index (κ1) is 21.3. The number of anilines is 1. The van der Waals surface area contributed by atoms with Gasteiger partial charge in [0.05, 0.1) is 14.2 Å². The predicted octanol–water partition coefficient (Wildman–Crippen LogP) is 5.11. The third-order valence-corrected chi connectivity index (χ3v) is 7.18. The van der Waals surface area contributed by atoms with Crippen LogP contribution >= 0.6 is 0 Å². The van der Waals surface area contributed by atoms with Gasteiger partial charge in [-0.25, -0.2) is 4.39 Å². The topological polar surface area (TPSA) is 57.4 Å². The van der Waals surface area contributed by atoms with Gasteiger partial charge in [-0.15, -0.1) is 0 Å². The smallest absolute Gasteiger partial charge is 0.244 e. The van der Waals surface area contributed by atoms with Crippen molar-refractivity contribution in [3.8, 4) is 11.5 Å². The van der Waals surface area contributed by atoms with Crippen LogP contribution in [0.2, 0.25) is 0 Å². The number of aromatic nitrogens is 2. The molecule has 3 aromatic carbocycles. The summed E-state index contributed by atoms with van der Waals surface area (Å²) in [5.74, 6) is 0.721. The number of methoxy groups -OCH3 is 2. The Morgan fingerprint density at radius 1 is 0.771 bits per heavy atom. The van der Waals surface area contributed by atoms with Crippen LogP contribution in [0.15, 0.2) is 67.0 Å². The Labute approximate surface area is 201 Å². The first-order chi connectivity index (χ1) is 16.9. The zero-order valence-electron chi connectivity index (χ0n) is 19.8. The SMILES string of the molecule is COc1ccc2c(c1)c(C1(c3cn(C)c4ccc(OC)cc34)C(=O)Nc3ccc(F)cc31)cn2C. The molecule has 0 fully saturated rings. The van der Waals surface area contributed by atoms with Crippen molar-refractivity contribution < 1.29 is 18.7 Å². The van der Waals surface area contributed by atoms with E-state index < -0.39 is 11.2 Å². The summed E-state index contributed by atoms with van der Waals surface area (Å²) in [6.07, 6.45) is 3.92. The molecule has 0 saturated heterocycles. The van der Waals surface area contributed by atoms with Crippen molar-refractivity contribution in [2.45, 2.75) is 5.41 Å². The summed E-state index contributed by atoms with van der Waals surface area (Å²) in [6, 6.07) is 16.0. The fourth-order valence-electron chi connectivity index (χ4n) is 5.55. The van der Waals surface area contributed by atoms with E-state index in [1.807, 2.05) is 72.0 Å². The quantitative estimate of drug-likeness (QED) is 0.398. The minimum atomic E-state index is -1.30. The molecule has 0 atom stereocenters. The molecule has 0 bridgehead atoms. The van der Waals surface area contributed by atoms with E-state index in [9.17, 15) is 9.18 Å². The molecule has 2 aromatic heterocycles. The van der Waals surface area contributed by atoms with Crippen molar-refractivity contribution in [1.82, 2.24) is 9.13 Å². The van der Waals surface area contributed by atoms with Crippen LogP contribution in [0.4, 0.5) is 10.1 Å². The lowest BCUT2D eigenvalue weighted by molar-refractivity contribution is -0.118. The molecule has 0 aliphatic carbocycles. The molecule has 6 rings (SSSR count). The number of aryl methyl sites for hydroxylation is 2. The molecule has 1 amide bonds. The van der Waals surface area contributed by atoms with Gasteiger partial charge in [0, 0.05) is 70.7 Å². The van der Waals surface area contributed by atoms with Gasteiger partial charge in [0.2, 0.25) is 5.91 Å². The van der Waals surface area contributed by atoms with E-state index in [1.165, 1.54) is 12.1 Å². The van der Waals surface area contributed by atoms with Gasteiger partial charge < -0.3 is 23.9 Å². The molecule has 3 heterocycles. The maximum atomic E-state index is 14.7. The summed E-state index contributed by atoms with van der Waals surface area (Å²) >= 11 is 0. The summed E-state index contributed by atoms with van der Waals surface area (Å²) in [6.45, 7) is 0. The maximum Gasteiger partial charge on any atom is 0.244 e. The van der Waals surface area contributed by atoms with Crippen molar-refractivity contribution in [1.29, 1.82) is 0 Å². The molecule has 176 valence electrons. The maximum absolute atomic E-state index is 14.7. The minimum Gasteiger partial charge on any atom is -0.497 e. The first-order valence-electron chi connectivity index (χ1n) is 11.3. The van der Waals surface area contributed by atoms with Crippen molar-refractivity contribution in [2.75, 3.05) is 19.5 Å². The number of hydrogen-bond acceptors (Lipinski definition) is 3. The molecule has 1 aliphatic heterocycles. The molecule has 7 heteroatoms. The summed E-state index contributed by atoms with van der Waals surface area (Å²) in [4.78, 5) is 14.2. The molecule has 1 aliphatic rings. The number of carbonyl (C=O) groups excluding carboxylic acids is 1. The van der Waals surface area contributed by atoms with E-state index in [0.717, 1.165) is 32.9 Å². The molecule has 6 nitrogen and oxygen atoms in total. The predicted molar refractivity (Wildman–Crippen MR) is 134 cm³/mol. The second-order valence-electron chi connectivity index (χ2n) is 8.97. The summed E-state index contributed by atoms with van der Waals surface area (Å²) in [5, 5.41) is 4.75. The third kappa shape index (κ3) is 2.78. The van der Waals surface area contributed by atoms with Crippen molar-refractivity contribution in [3.63, 3.8) is 0 Å². The van der Waals surface area contributed by atoms with Gasteiger partial charge in [-0.3, -0.25) is 4.79 Å². The molecular formula is C28H24FN3O3. The molecule has 0 unspecified atom stereocenters. The molecule has 1 N–H and O–H groups in total. The van der Waals surface area contributed by atoms with E-state index in [1.54, 1.807) is 20.3 Å². The molecule has 35 heavy (non-hydrogen) atoms. The van der Waals surface area contributed by atoms with Crippen molar-refractivity contribution >= 4 is 33.4 Å². The normalized spacial score (nSPS) is 14.4. The van der Waals surface area contributed by atoms with Gasteiger partial charge in [0.15, 0.2) is 0 Å². The highest BCUT2D eigenvalue weighted by molar-refractivity contribution is 6.15. The fourth-order valence-corrected chi connectivity index (χ4v) is 5.55. The molecule has 0 saturated carbocycles. The van der Waals surface area contributed by atoms with Crippen LogP contribution < -0.4 is 14.8 Å². The molecule has 0 radical (unpaired) electrons. The Morgan fingerprint density at radius 3 is 1.83 bits per heavy atom. The van der Waals surface area contributed by atoms with Crippen LogP contribution in [0.1, 0.15) is 16.7 Å². The molecular weight excluding hydrogens is 445 g/mol. The van der Waals surface area contributed by atoms with Crippen LogP contribution in [-0.2, 0) is 24.3 Å². The number of ether oxygens (including phenoxy) is 2. The van der Waals surface area contributed by atoms with E-state index in [0.29, 0.717) is 22.7 Å². The number of amides is 1. The van der Waals surface area contributed by atoms with Gasteiger partial charge in [0.1, 0.15) is 22.7 Å². The number of nitrogens with zero attached hydrogens (tertiary/aromatic N) is 2. The number of benzene rings is 3. The largest absolute Gasteiger partial charge is 0.497 e. The van der Waals surface area contributed by atoms with Gasteiger partial charge in [-0.2, -0.15) is 0 Å². The Balaban J connectivity index is 1.81. The Bertz CT molecular complexity index is 1580. The van der Waals surface area contributed by atoms with Crippen molar-refractivity contribution in [3.05, 3.63) is 89.5 Å². The minimum absolute atomic E-state index is 0.233. The van der Waals surface area contributed by atoms with E-state index in [-0.39, 0.29) is 5.91 Å². The fraction of sp³-hybridized carbons (Fsp3) is 0.179. The van der Waals surface area contributed by atoms with E-state index >= 15 is 0 Å². The number of hydrogen-bond donors (Lipinski definition) is 1. The third-order valence-electron chi connectivity index (χ3n) is 7.18. The summed E-state index contributed by atoms with van der Waals surface area (Å²) < 4.78 is 29.8. The van der Waals surface area contributed by atoms with Gasteiger partial charge in [-0.1, -0.05) is 0 Å². The Hall–Kier alpha value is -4.26. The number of carbonyl (C=O) groups is 1. The highest BCUT2D eigenvalue weighted by Gasteiger charge is 2.52. The van der Waals surface area contributed by atoms with Gasteiger partial charge in [-0.05, 0) is 54.6 Å². The lowest BCUT2D eigenvalue weighted by Gasteiger charge is -2.28. The summed E-state index contributed by atoms with van der Waals surface area (Å²) in [5.41, 5.74) is 3.27. The average molecular weight is 470 g/mol. The standard InChI is InChI=1S/C28H24FN3O3/c1-31-14-22(19-12-17(34-3)6-9-25(19)31)28(21-11-16(29)5-8-24(21)30-27(28)33)23-15-32(2)26-10-7-18(35-4)13-20(23)26/h5-15H,1-4H3,(H,30,33). The molecule has 5 aromatic rings. The van der Waals surface area contributed by atoms with E-state index in [4.69, 9.17) is 9.47 Å². The van der Waals surface area contributed by atoms with Crippen LogP contribution in [0.5, 0.6) is 11.5 Å². The van der Waals surface area contributed by atoms with Gasteiger partial charge >= 0.3 is 0 Å². The lowest BCUT2D eigenvalue weighted by Crippen LogP contribution is -2.37. The first-order valence-corrected chi connectivity index (χ1v) is 11.3. The number of rotatable bonds is 4. The highest BCUT2D eigenvalue weighted by Crippen LogP contribution is 2.52. The molecule has 0 spiro atoms. The zero-order valence-corrected chi connectivity index (χ0v) is 19.8. The number of nitrogens with one attached hydrogen (secondary N) is 1. The average Bonchev–Trinajstić information content (AvgIpc) is 3.47. The highest BCUT2D eigenvalue weighted by atomic mass is 19.1. The number of fused-ring (bicyclic) bond motifs is 3. The second-order valence-corrected chi connectivity index (χ2v) is 8.97. The van der Waals surface area contributed by atoms with E-state index in [2.05, 4.69) is 5.32 Å². The number of halogens is 1. The van der Waals surface area contributed by atoms with Crippen molar-refractivity contribution in [2.24, 2.45) is 14.1 Å². The van der Waals surface area contributed by atoms with Crippen LogP contribution in [0, 0.1) is 5.82 Å². The monoisotopic (exact) mass is 469 g/mol. The van der Waals surface area contributed by atoms with Gasteiger partial charge in [0.25, 0.3) is 0 Å². The zero-order chi connectivity index (χ0) is 24.5. The second kappa shape index (κ2) is 7.37. The van der Waals surface area contributed by atoms with Crippen LogP contribution in [0.3, 0.4) is 0 Å². The Kier molecular flexibility index (Phi) is 4.48. The van der Waals surface area contributed by atoms with Crippen LogP contribution in [-0.4, -0.2) is 29.3 Å².